The largest absolute Gasteiger partial charge is 0.385 e. The molecule has 3 aromatic rings. The zero-order chi connectivity index (χ0) is 15.2. The van der Waals surface area contributed by atoms with E-state index < -0.39 is 24.4 Å². The molecule has 4 N–H and O–H groups in total. The van der Waals surface area contributed by atoms with E-state index in [0.717, 1.165) is 21.5 Å². The lowest BCUT2D eigenvalue weighted by Gasteiger charge is -2.28. The smallest absolute Gasteiger partial charge is 0.110 e. The molecule has 3 aromatic carbocycles. The van der Waals surface area contributed by atoms with Crippen molar-refractivity contribution in [2.45, 2.75) is 24.4 Å². The van der Waals surface area contributed by atoms with Crippen LogP contribution in [0.3, 0.4) is 0 Å². The molecule has 0 aliphatic heterocycles. The first-order valence-electron chi connectivity index (χ1n) is 7.34. The Labute approximate surface area is 125 Å². The standard InChI is InChI=1S/C18H14O4/c19-15-8-3-1-2-7-6-11-13-9(16(20)18(11)22)4-5-10(17(15)21)14(13)12(7)8/h1-6,15-22H/t15-,16+,17-,18+/m0/s1. The zero-order valence-corrected chi connectivity index (χ0v) is 11.6. The minimum absolute atomic E-state index is 0.651. The molecule has 0 bridgehead atoms. The lowest BCUT2D eigenvalue weighted by atomic mass is 9.81. The van der Waals surface area contributed by atoms with E-state index in [2.05, 4.69) is 0 Å². The molecule has 2 aliphatic rings. The maximum Gasteiger partial charge on any atom is 0.110 e. The van der Waals surface area contributed by atoms with Crippen LogP contribution in [-0.4, -0.2) is 20.4 Å². The number of benzene rings is 3. The molecule has 5 rings (SSSR count). The maximum absolute atomic E-state index is 10.5. The molecule has 110 valence electrons. The first-order chi connectivity index (χ1) is 10.6. The minimum Gasteiger partial charge on any atom is -0.385 e. The normalized spacial score (nSPS) is 28.9. The fraction of sp³-hybridized carbons (Fsp3) is 0.222. The fourth-order valence-electron chi connectivity index (χ4n) is 4.11. The van der Waals surface area contributed by atoms with E-state index in [1.165, 1.54) is 0 Å². The van der Waals surface area contributed by atoms with E-state index >= 15 is 0 Å². The van der Waals surface area contributed by atoms with Gasteiger partial charge in [-0.1, -0.05) is 30.3 Å². The summed E-state index contributed by atoms with van der Waals surface area (Å²) in [6.45, 7) is 0. The molecule has 2 aliphatic carbocycles. The third-order valence-corrected chi connectivity index (χ3v) is 5.12. The molecule has 4 heteroatoms. The van der Waals surface area contributed by atoms with Gasteiger partial charge in [0, 0.05) is 0 Å². The zero-order valence-electron chi connectivity index (χ0n) is 11.6. The topological polar surface area (TPSA) is 80.9 Å². The first kappa shape index (κ1) is 12.6. The van der Waals surface area contributed by atoms with Crippen LogP contribution in [-0.2, 0) is 0 Å². The van der Waals surface area contributed by atoms with Crippen molar-refractivity contribution in [2.24, 2.45) is 0 Å². The van der Waals surface area contributed by atoms with E-state index in [9.17, 15) is 20.4 Å². The third-order valence-electron chi connectivity index (χ3n) is 5.12. The SMILES string of the molecule is O[C@@H]1c2ccc3c4c2c(cc2cccc(c24)[C@H](O)[C@H]3O)[C@H]1O. The summed E-state index contributed by atoms with van der Waals surface area (Å²) < 4.78 is 0. The van der Waals surface area contributed by atoms with E-state index in [4.69, 9.17) is 0 Å². The minimum atomic E-state index is -1.00. The fourth-order valence-corrected chi connectivity index (χ4v) is 4.11. The predicted molar refractivity (Wildman–Crippen MR) is 81.3 cm³/mol. The Balaban J connectivity index is 2.12. The van der Waals surface area contributed by atoms with Gasteiger partial charge in [0.1, 0.15) is 24.4 Å². The molecule has 0 aromatic heterocycles. The molecule has 0 radical (unpaired) electrons. The van der Waals surface area contributed by atoms with Gasteiger partial charge in [-0.15, -0.1) is 0 Å². The quantitative estimate of drug-likeness (QED) is 0.479. The van der Waals surface area contributed by atoms with Gasteiger partial charge in [0.15, 0.2) is 0 Å². The van der Waals surface area contributed by atoms with Crippen molar-refractivity contribution in [3.8, 4) is 0 Å². The first-order valence-corrected chi connectivity index (χ1v) is 7.34. The van der Waals surface area contributed by atoms with E-state index in [-0.39, 0.29) is 0 Å². The summed E-state index contributed by atoms with van der Waals surface area (Å²) in [6.07, 6.45) is -3.88. The van der Waals surface area contributed by atoms with Crippen LogP contribution >= 0.6 is 0 Å². The van der Waals surface area contributed by atoms with Crippen molar-refractivity contribution in [1.29, 1.82) is 0 Å². The second kappa shape index (κ2) is 3.86. The lowest BCUT2D eigenvalue weighted by molar-refractivity contribution is 0.0177. The molecule has 0 unspecified atom stereocenters. The highest BCUT2D eigenvalue weighted by molar-refractivity contribution is 6.15. The van der Waals surface area contributed by atoms with Crippen molar-refractivity contribution < 1.29 is 20.4 Å². The molecule has 0 fully saturated rings. The number of aliphatic hydroxyl groups excluding tert-OH is 4. The summed E-state index contributed by atoms with van der Waals surface area (Å²) in [5, 5.41) is 44.9. The Bertz CT molecular complexity index is 962. The van der Waals surface area contributed by atoms with Gasteiger partial charge < -0.3 is 20.4 Å². The number of hydrogen-bond donors (Lipinski definition) is 4. The van der Waals surface area contributed by atoms with Crippen LogP contribution in [0.2, 0.25) is 0 Å². The van der Waals surface area contributed by atoms with Crippen molar-refractivity contribution in [3.05, 3.63) is 58.7 Å². The van der Waals surface area contributed by atoms with E-state index in [1.807, 2.05) is 24.3 Å². The van der Waals surface area contributed by atoms with Gasteiger partial charge in [0.05, 0.1) is 0 Å². The molecular weight excluding hydrogens is 280 g/mol. The summed E-state index contributed by atoms with van der Waals surface area (Å²) in [6, 6.07) is 10.9. The number of aliphatic hydroxyl groups is 4. The van der Waals surface area contributed by atoms with E-state index in [0.29, 0.717) is 22.3 Å². The lowest BCUT2D eigenvalue weighted by Crippen LogP contribution is -2.15. The highest BCUT2D eigenvalue weighted by Gasteiger charge is 2.37. The summed E-state index contributed by atoms with van der Waals surface area (Å²) in [4.78, 5) is 0. The highest BCUT2D eigenvalue weighted by atomic mass is 16.3. The van der Waals surface area contributed by atoms with Gasteiger partial charge in [-0.25, -0.2) is 0 Å². The summed E-state index contributed by atoms with van der Waals surface area (Å²) >= 11 is 0. The van der Waals surface area contributed by atoms with Gasteiger partial charge in [-0.3, -0.25) is 0 Å². The third kappa shape index (κ3) is 1.23. The second-order valence-corrected chi connectivity index (χ2v) is 6.18. The van der Waals surface area contributed by atoms with Crippen molar-refractivity contribution in [3.63, 3.8) is 0 Å². The van der Waals surface area contributed by atoms with Gasteiger partial charge in [-0.05, 0) is 49.9 Å². The molecule has 4 atom stereocenters. The Morgan fingerprint density at radius 1 is 0.545 bits per heavy atom. The Kier molecular flexibility index (Phi) is 2.20. The van der Waals surface area contributed by atoms with Crippen LogP contribution < -0.4 is 0 Å². The van der Waals surface area contributed by atoms with Crippen molar-refractivity contribution in [2.75, 3.05) is 0 Å². The Morgan fingerprint density at radius 3 is 1.77 bits per heavy atom. The van der Waals surface area contributed by atoms with Gasteiger partial charge >= 0.3 is 0 Å². The van der Waals surface area contributed by atoms with Gasteiger partial charge in [-0.2, -0.15) is 0 Å². The molecule has 0 spiro atoms. The second-order valence-electron chi connectivity index (χ2n) is 6.18. The summed E-state index contributed by atoms with van der Waals surface area (Å²) in [7, 11) is 0. The van der Waals surface area contributed by atoms with E-state index in [1.54, 1.807) is 12.1 Å². The summed E-state index contributed by atoms with van der Waals surface area (Å²) in [5.74, 6) is 0. The monoisotopic (exact) mass is 294 g/mol. The predicted octanol–water partition coefficient (Wildman–Crippen LogP) is 2.15. The maximum atomic E-state index is 10.5. The molecule has 0 saturated heterocycles. The van der Waals surface area contributed by atoms with Crippen LogP contribution in [0.25, 0.3) is 21.5 Å². The van der Waals surface area contributed by atoms with Crippen LogP contribution in [0.5, 0.6) is 0 Å². The average molecular weight is 294 g/mol. The number of hydrogen-bond acceptors (Lipinski definition) is 4. The highest BCUT2D eigenvalue weighted by Crippen LogP contribution is 2.52. The van der Waals surface area contributed by atoms with Crippen LogP contribution in [0.4, 0.5) is 0 Å². The Hall–Kier alpha value is -1.98. The summed E-state index contributed by atoms with van der Waals surface area (Å²) in [5.41, 5.74) is 2.71. The van der Waals surface area contributed by atoms with Crippen LogP contribution in [0, 0.1) is 0 Å². The van der Waals surface area contributed by atoms with Crippen LogP contribution in [0.15, 0.2) is 36.4 Å². The van der Waals surface area contributed by atoms with Gasteiger partial charge in [0.25, 0.3) is 0 Å². The average Bonchev–Trinajstić information content (AvgIpc) is 2.78. The van der Waals surface area contributed by atoms with Crippen molar-refractivity contribution in [1.82, 2.24) is 0 Å². The number of rotatable bonds is 0. The molecule has 0 saturated carbocycles. The van der Waals surface area contributed by atoms with Gasteiger partial charge in [0.2, 0.25) is 0 Å². The van der Waals surface area contributed by atoms with Crippen LogP contribution in [0.1, 0.15) is 46.7 Å². The Morgan fingerprint density at radius 2 is 1.09 bits per heavy atom. The van der Waals surface area contributed by atoms with Crippen molar-refractivity contribution >= 4 is 21.5 Å². The molecule has 0 amide bonds. The molecule has 4 nitrogen and oxygen atoms in total. The molecular formula is C18H14O4. The molecule has 0 heterocycles. The molecule has 22 heavy (non-hydrogen) atoms.